The average molecular weight is 231 g/mol. The maximum atomic E-state index is 12.3. The molecule has 0 spiro atoms. The lowest BCUT2D eigenvalue weighted by molar-refractivity contribution is -0.137. The highest BCUT2D eigenvalue weighted by molar-refractivity contribution is 5.49. The fourth-order valence-electron chi connectivity index (χ4n) is 1.52. The molecule has 0 heterocycles. The summed E-state index contributed by atoms with van der Waals surface area (Å²) < 4.78 is 36.8. The number of aliphatic hydroxyl groups is 1. The molecule has 1 aliphatic carbocycles. The molecule has 1 fully saturated rings. The van der Waals surface area contributed by atoms with Crippen LogP contribution in [0.1, 0.15) is 18.4 Å². The molecule has 5 heteroatoms. The highest BCUT2D eigenvalue weighted by atomic mass is 19.4. The fraction of sp³-hybridized carbons (Fsp3) is 0.455. The molecule has 0 aliphatic heterocycles. The van der Waals surface area contributed by atoms with Gasteiger partial charge in [0.05, 0.1) is 17.7 Å². The minimum Gasteiger partial charge on any atom is -0.394 e. The molecule has 0 unspecified atom stereocenters. The monoisotopic (exact) mass is 231 g/mol. The number of halogens is 3. The normalized spacial score (nSPS) is 18.2. The summed E-state index contributed by atoms with van der Waals surface area (Å²) in [5.74, 6) is 0. The van der Waals surface area contributed by atoms with Crippen molar-refractivity contribution in [3.8, 4) is 0 Å². The van der Waals surface area contributed by atoms with E-state index in [0.29, 0.717) is 5.69 Å². The van der Waals surface area contributed by atoms with Crippen LogP contribution in [-0.4, -0.2) is 17.3 Å². The summed E-state index contributed by atoms with van der Waals surface area (Å²) in [6, 6.07) is 4.85. The Morgan fingerprint density at radius 3 is 2.12 bits per heavy atom. The second-order valence-corrected chi connectivity index (χ2v) is 4.14. The number of rotatable bonds is 3. The molecule has 0 amide bonds. The SMILES string of the molecule is OCC1(Nc2ccc(C(F)(F)F)cc2)CC1. The fourth-order valence-corrected chi connectivity index (χ4v) is 1.52. The third-order valence-electron chi connectivity index (χ3n) is 2.78. The van der Waals surface area contributed by atoms with Crippen molar-refractivity contribution < 1.29 is 18.3 Å². The Bertz CT molecular complexity index is 368. The largest absolute Gasteiger partial charge is 0.416 e. The minimum absolute atomic E-state index is 0.00796. The zero-order valence-corrected chi connectivity index (χ0v) is 8.51. The molecule has 1 saturated carbocycles. The van der Waals surface area contributed by atoms with E-state index in [1.807, 2.05) is 0 Å². The summed E-state index contributed by atoms with van der Waals surface area (Å²) in [7, 11) is 0. The molecule has 1 aromatic rings. The van der Waals surface area contributed by atoms with Crippen LogP contribution < -0.4 is 5.32 Å². The Morgan fingerprint density at radius 2 is 1.75 bits per heavy atom. The lowest BCUT2D eigenvalue weighted by Crippen LogP contribution is -2.25. The molecule has 88 valence electrons. The standard InChI is InChI=1S/C11H12F3NO/c12-11(13,14)8-1-3-9(4-2-8)15-10(7-16)5-6-10/h1-4,15-16H,5-7H2. The van der Waals surface area contributed by atoms with E-state index in [0.717, 1.165) is 25.0 Å². The number of hydrogen-bond acceptors (Lipinski definition) is 2. The number of alkyl halides is 3. The van der Waals surface area contributed by atoms with Crippen LogP contribution in [-0.2, 0) is 6.18 Å². The second kappa shape index (κ2) is 3.66. The third-order valence-corrected chi connectivity index (χ3v) is 2.78. The highest BCUT2D eigenvalue weighted by Crippen LogP contribution is 2.38. The van der Waals surface area contributed by atoms with Gasteiger partial charge in [-0.3, -0.25) is 0 Å². The number of aliphatic hydroxyl groups excluding tert-OH is 1. The molecule has 0 radical (unpaired) electrons. The van der Waals surface area contributed by atoms with Crippen LogP contribution in [0.15, 0.2) is 24.3 Å². The van der Waals surface area contributed by atoms with Gasteiger partial charge in [-0.15, -0.1) is 0 Å². The summed E-state index contributed by atoms with van der Waals surface area (Å²) in [4.78, 5) is 0. The van der Waals surface area contributed by atoms with Crippen LogP contribution in [0.4, 0.5) is 18.9 Å². The maximum Gasteiger partial charge on any atom is 0.416 e. The van der Waals surface area contributed by atoms with E-state index in [1.54, 1.807) is 0 Å². The summed E-state index contributed by atoms with van der Waals surface area (Å²) >= 11 is 0. The zero-order chi connectivity index (χ0) is 11.8. The summed E-state index contributed by atoms with van der Waals surface area (Å²) in [5, 5.41) is 12.1. The van der Waals surface area contributed by atoms with Gasteiger partial charge >= 0.3 is 6.18 Å². The van der Waals surface area contributed by atoms with Crippen LogP contribution in [0.25, 0.3) is 0 Å². The van der Waals surface area contributed by atoms with Gasteiger partial charge in [0.25, 0.3) is 0 Å². The number of benzene rings is 1. The van der Waals surface area contributed by atoms with E-state index < -0.39 is 11.7 Å². The molecule has 0 atom stereocenters. The van der Waals surface area contributed by atoms with Crippen molar-refractivity contribution in [1.82, 2.24) is 0 Å². The average Bonchev–Trinajstić information content (AvgIpc) is 2.98. The highest BCUT2D eigenvalue weighted by Gasteiger charge is 2.42. The first kappa shape index (κ1) is 11.3. The molecule has 0 bridgehead atoms. The van der Waals surface area contributed by atoms with Gasteiger partial charge in [-0.2, -0.15) is 13.2 Å². The van der Waals surface area contributed by atoms with E-state index in [4.69, 9.17) is 5.11 Å². The van der Waals surface area contributed by atoms with Gasteiger partial charge in [-0.05, 0) is 37.1 Å². The number of anilines is 1. The maximum absolute atomic E-state index is 12.3. The van der Waals surface area contributed by atoms with Crippen molar-refractivity contribution in [2.75, 3.05) is 11.9 Å². The predicted octanol–water partition coefficient (Wildman–Crippen LogP) is 2.64. The Hall–Kier alpha value is -1.23. The van der Waals surface area contributed by atoms with Crippen molar-refractivity contribution in [2.45, 2.75) is 24.6 Å². The van der Waals surface area contributed by atoms with E-state index in [9.17, 15) is 13.2 Å². The Morgan fingerprint density at radius 1 is 1.19 bits per heavy atom. The van der Waals surface area contributed by atoms with Gasteiger partial charge in [-0.1, -0.05) is 0 Å². The topological polar surface area (TPSA) is 32.3 Å². The Kier molecular flexibility index (Phi) is 2.58. The first-order chi connectivity index (χ1) is 7.45. The van der Waals surface area contributed by atoms with Crippen molar-refractivity contribution >= 4 is 5.69 Å². The van der Waals surface area contributed by atoms with Gasteiger partial charge < -0.3 is 10.4 Å². The smallest absolute Gasteiger partial charge is 0.394 e. The van der Waals surface area contributed by atoms with Crippen LogP contribution >= 0.6 is 0 Å². The van der Waals surface area contributed by atoms with Crippen LogP contribution in [0.2, 0.25) is 0 Å². The first-order valence-corrected chi connectivity index (χ1v) is 5.02. The third kappa shape index (κ3) is 2.29. The second-order valence-electron chi connectivity index (χ2n) is 4.14. The van der Waals surface area contributed by atoms with Crippen molar-refractivity contribution in [1.29, 1.82) is 0 Å². The molecule has 2 nitrogen and oxygen atoms in total. The number of hydrogen-bond donors (Lipinski definition) is 2. The lowest BCUT2D eigenvalue weighted by Gasteiger charge is -2.16. The first-order valence-electron chi connectivity index (χ1n) is 5.02. The predicted molar refractivity (Wildman–Crippen MR) is 54.1 cm³/mol. The van der Waals surface area contributed by atoms with Gasteiger partial charge in [0.1, 0.15) is 0 Å². The van der Waals surface area contributed by atoms with Crippen molar-refractivity contribution in [3.63, 3.8) is 0 Å². The van der Waals surface area contributed by atoms with E-state index in [2.05, 4.69) is 5.32 Å². The lowest BCUT2D eigenvalue weighted by atomic mass is 10.2. The minimum atomic E-state index is -4.30. The van der Waals surface area contributed by atoms with Gasteiger partial charge in [0.15, 0.2) is 0 Å². The molecule has 0 saturated heterocycles. The molecule has 1 aliphatic rings. The van der Waals surface area contributed by atoms with Gasteiger partial charge in [0, 0.05) is 5.69 Å². The van der Waals surface area contributed by atoms with Crippen molar-refractivity contribution in [2.24, 2.45) is 0 Å². The zero-order valence-electron chi connectivity index (χ0n) is 8.51. The van der Waals surface area contributed by atoms with Crippen LogP contribution in [0.3, 0.4) is 0 Å². The van der Waals surface area contributed by atoms with Gasteiger partial charge in [0.2, 0.25) is 0 Å². The summed E-state index contributed by atoms with van der Waals surface area (Å²) in [5.41, 5.74) is -0.355. The molecular weight excluding hydrogens is 219 g/mol. The van der Waals surface area contributed by atoms with Crippen LogP contribution in [0.5, 0.6) is 0 Å². The molecule has 16 heavy (non-hydrogen) atoms. The quantitative estimate of drug-likeness (QED) is 0.838. The van der Waals surface area contributed by atoms with Gasteiger partial charge in [-0.25, -0.2) is 0 Å². The molecule has 1 aromatic carbocycles. The summed E-state index contributed by atoms with van der Waals surface area (Å²) in [6.45, 7) is 0.00796. The summed E-state index contributed by atoms with van der Waals surface area (Å²) in [6.07, 6.45) is -2.60. The van der Waals surface area contributed by atoms with Crippen molar-refractivity contribution in [3.05, 3.63) is 29.8 Å². The van der Waals surface area contributed by atoms with E-state index in [-0.39, 0.29) is 12.1 Å². The molecule has 2 N–H and O–H groups in total. The molecule has 0 aromatic heterocycles. The van der Waals surface area contributed by atoms with E-state index in [1.165, 1.54) is 12.1 Å². The Labute approximate surface area is 91.1 Å². The molecular formula is C11H12F3NO. The number of nitrogens with one attached hydrogen (secondary N) is 1. The van der Waals surface area contributed by atoms with E-state index >= 15 is 0 Å². The Balaban J connectivity index is 2.08. The van der Waals surface area contributed by atoms with Crippen LogP contribution in [0, 0.1) is 0 Å². The molecule has 2 rings (SSSR count).